The van der Waals surface area contributed by atoms with Gasteiger partial charge in [-0.1, -0.05) is 6.07 Å². The summed E-state index contributed by atoms with van der Waals surface area (Å²) in [6.45, 7) is 1.98. The Bertz CT molecular complexity index is 664. The molecule has 1 aliphatic rings. The summed E-state index contributed by atoms with van der Waals surface area (Å²) >= 11 is 0. The molecule has 1 N–H and O–H groups in total. The lowest BCUT2D eigenvalue weighted by molar-refractivity contribution is -0.115. The Morgan fingerprint density at radius 1 is 1.21 bits per heavy atom. The number of anilines is 1. The molecule has 1 amide bonds. The first-order valence-electron chi connectivity index (χ1n) is 5.97. The van der Waals surface area contributed by atoms with Gasteiger partial charge in [-0.3, -0.25) is 9.79 Å². The van der Waals surface area contributed by atoms with Gasteiger partial charge in [-0.15, -0.1) is 0 Å². The second-order valence-electron chi connectivity index (χ2n) is 4.44. The predicted molar refractivity (Wildman–Crippen MR) is 72.7 cm³/mol. The van der Waals surface area contributed by atoms with E-state index >= 15 is 0 Å². The van der Waals surface area contributed by atoms with Crippen molar-refractivity contribution < 1.29 is 4.79 Å². The van der Waals surface area contributed by atoms with Crippen molar-refractivity contribution in [2.45, 2.75) is 13.3 Å². The number of nitrogens with zero attached hydrogens (tertiary/aromatic N) is 3. The second kappa shape index (κ2) is 4.61. The van der Waals surface area contributed by atoms with Crippen LogP contribution in [-0.2, 0) is 4.79 Å². The number of amides is 1. The van der Waals surface area contributed by atoms with E-state index in [1.165, 1.54) is 0 Å². The van der Waals surface area contributed by atoms with Crippen LogP contribution in [0.15, 0.2) is 41.7 Å². The molecule has 3 rings (SSSR count). The van der Waals surface area contributed by atoms with E-state index < -0.39 is 0 Å². The van der Waals surface area contributed by atoms with Gasteiger partial charge in [0, 0.05) is 5.56 Å². The molecule has 1 aliphatic heterocycles. The minimum absolute atomic E-state index is 0.0695. The van der Waals surface area contributed by atoms with Crippen LogP contribution < -0.4 is 5.32 Å². The average molecular weight is 252 g/mol. The number of carbonyl (C=O) groups excluding carboxylic acids is 1. The third kappa shape index (κ3) is 2.35. The summed E-state index contributed by atoms with van der Waals surface area (Å²) < 4.78 is 0. The molecule has 0 radical (unpaired) electrons. The Balaban J connectivity index is 2.11. The highest BCUT2D eigenvalue weighted by molar-refractivity contribution is 6.16. The molecule has 0 bridgehead atoms. The van der Waals surface area contributed by atoms with E-state index in [1.54, 1.807) is 18.5 Å². The van der Waals surface area contributed by atoms with Gasteiger partial charge in [-0.05, 0) is 30.7 Å². The van der Waals surface area contributed by atoms with Crippen LogP contribution in [0.4, 0.5) is 11.4 Å². The maximum Gasteiger partial charge on any atom is 0.230 e. The number of hydrogen-bond acceptors (Lipinski definition) is 4. The highest BCUT2D eigenvalue weighted by atomic mass is 16.1. The van der Waals surface area contributed by atoms with Crippen LogP contribution in [0.1, 0.15) is 17.5 Å². The highest BCUT2D eigenvalue weighted by Crippen LogP contribution is 2.29. The lowest BCUT2D eigenvalue weighted by atomic mass is 10.1. The number of rotatable bonds is 1. The van der Waals surface area contributed by atoms with Crippen LogP contribution in [0.5, 0.6) is 0 Å². The van der Waals surface area contributed by atoms with Crippen LogP contribution in [0.3, 0.4) is 0 Å². The van der Waals surface area contributed by atoms with Gasteiger partial charge < -0.3 is 5.32 Å². The van der Waals surface area contributed by atoms with Crippen LogP contribution in [0, 0.1) is 6.92 Å². The number of aromatic nitrogens is 2. The first-order valence-corrected chi connectivity index (χ1v) is 5.97. The first kappa shape index (κ1) is 11.5. The Kier molecular flexibility index (Phi) is 2.79. The van der Waals surface area contributed by atoms with E-state index in [1.807, 2.05) is 25.1 Å². The third-order valence-corrected chi connectivity index (χ3v) is 2.93. The molecule has 5 nitrogen and oxygen atoms in total. The Morgan fingerprint density at radius 2 is 2.11 bits per heavy atom. The topological polar surface area (TPSA) is 67.2 Å². The van der Waals surface area contributed by atoms with Crippen LogP contribution in [0.2, 0.25) is 0 Å². The molecule has 0 spiro atoms. The first-order chi connectivity index (χ1) is 9.22. The normalized spacial score (nSPS) is 14.2. The van der Waals surface area contributed by atoms with Crippen molar-refractivity contribution in [3.63, 3.8) is 0 Å². The second-order valence-corrected chi connectivity index (χ2v) is 4.44. The smallest absolute Gasteiger partial charge is 0.230 e. The van der Waals surface area contributed by atoms with E-state index in [4.69, 9.17) is 0 Å². The van der Waals surface area contributed by atoms with Gasteiger partial charge in [0.15, 0.2) is 0 Å². The Hall–Kier alpha value is -2.56. The summed E-state index contributed by atoms with van der Waals surface area (Å²) in [5, 5.41) is 10.4. The van der Waals surface area contributed by atoms with Crippen molar-refractivity contribution in [3.05, 3.63) is 47.8 Å². The zero-order valence-corrected chi connectivity index (χ0v) is 10.4. The minimum Gasteiger partial charge on any atom is -0.324 e. The van der Waals surface area contributed by atoms with Crippen molar-refractivity contribution in [2.24, 2.45) is 4.99 Å². The van der Waals surface area contributed by atoms with Gasteiger partial charge in [-0.2, -0.15) is 10.2 Å². The van der Waals surface area contributed by atoms with Gasteiger partial charge in [0.25, 0.3) is 0 Å². The van der Waals surface area contributed by atoms with Crippen molar-refractivity contribution >= 4 is 23.0 Å². The Morgan fingerprint density at radius 3 is 2.89 bits per heavy atom. The van der Waals surface area contributed by atoms with Gasteiger partial charge in [0.2, 0.25) is 5.91 Å². The maximum absolute atomic E-state index is 11.9. The zero-order chi connectivity index (χ0) is 13.2. The summed E-state index contributed by atoms with van der Waals surface area (Å²) in [5.74, 6) is -0.0695. The van der Waals surface area contributed by atoms with Crippen LogP contribution >= 0.6 is 0 Å². The standard InChI is InChI=1S/C14H12N4O/c1-9-2-3-11-13(6-9)18-14(19)7-12(17-11)10-4-5-15-16-8-10/h2-6,8H,7H2,1H3,(H,18,19). The predicted octanol–water partition coefficient (Wildman–Crippen LogP) is 2.25. The minimum atomic E-state index is -0.0695. The molecule has 1 aromatic heterocycles. The molecule has 5 heteroatoms. The molecule has 2 aromatic rings. The highest BCUT2D eigenvalue weighted by Gasteiger charge is 2.17. The largest absolute Gasteiger partial charge is 0.324 e. The number of aliphatic imine (C=N–C) groups is 1. The number of aryl methyl sites for hydroxylation is 1. The lowest BCUT2D eigenvalue weighted by Crippen LogP contribution is -2.15. The number of hydrogen-bond donors (Lipinski definition) is 1. The summed E-state index contributed by atoms with van der Waals surface area (Å²) in [6, 6.07) is 7.61. The average Bonchev–Trinajstić information content (AvgIpc) is 2.57. The molecule has 2 heterocycles. The van der Waals surface area contributed by atoms with Crippen molar-refractivity contribution in [1.29, 1.82) is 0 Å². The van der Waals surface area contributed by atoms with Gasteiger partial charge >= 0.3 is 0 Å². The molecular weight excluding hydrogens is 240 g/mol. The zero-order valence-electron chi connectivity index (χ0n) is 10.4. The molecule has 94 valence electrons. The summed E-state index contributed by atoms with van der Waals surface area (Å²) in [6.07, 6.45) is 3.45. The number of carbonyl (C=O) groups is 1. The molecule has 0 saturated carbocycles. The maximum atomic E-state index is 11.9. The monoisotopic (exact) mass is 252 g/mol. The Labute approximate surface area is 110 Å². The molecule has 19 heavy (non-hydrogen) atoms. The van der Waals surface area contributed by atoms with E-state index in [0.29, 0.717) is 5.71 Å². The quantitative estimate of drug-likeness (QED) is 0.846. The van der Waals surface area contributed by atoms with Gasteiger partial charge in [-0.25, -0.2) is 0 Å². The van der Waals surface area contributed by atoms with E-state index in [-0.39, 0.29) is 12.3 Å². The fourth-order valence-electron chi connectivity index (χ4n) is 2.01. The molecule has 0 unspecified atom stereocenters. The lowest BCUT2D eigenvalue weighted by Gasteiger charge is -2.04. The summed E-state index contributed by atoms with van der Waals surface area (Å²) in [4.78, 5) is 16.5. The van der Waals surface area contributed by atoms with Crippen LogP contribution in [-0.4, -0.2) is 21.8 Å². The number of benzene rings is 1. The summed E-state index contributed by atoms with van der Waals surface area (Å²) in [7, 11) is 0. The molecule has 0 aliphatic carbocycles. The van der Waals surface area contributed by atoms with Crippen molar-refractivity contribution in [1.82, 2.24) is 10.2 Å². The van der Waals surface area contributed by atoms with Crippen LogP contribution in [0.25, 0.3) is 0 Å². The van der Waals surface area contributed by atoms with E-state index in [0.717, 1.165) is 22.5 Å². The van der Waals surface area contributed by atoms with E-state index in [9.17, 15) is 4.79 Å². The van der Waals surface area contributed by atoms with Gasteiger partial charge in [0.1, 0.15) is 0 Å². The molecule has 0 saturated heterocycles. The molecular formula is C14H12N4O. The fraction of sp³-hybridized carbons (Fsp3) is 0.143. The third-order valence-electron chi connectivity index (χ3n) is 2.93. The van der Waals surface area contributed by atoms with E-state index in [2.05, 4.69) is 20.5 Å². The van der Waals surface area contributed by atoms with Gasteiger partial charge in [0.05, 0.1) is 35.9 Å². The SMILES string of the molecule is Cc1ccc2c(c1)NC(=O)CC(c1ccnnc1)=N2. The number of fused-ring (bicyclic) bond motifs is 1. The number of nitrogens with one attached hydrogen (secondary N) is 1. The van der Waals surface area contributed by atoms with Crippen molar-refractivity contribution in [2.75, 3.05) is 5.32 Å². The summed E-state index contributed by atoms with van der Waals surface area (Å²) in [5.41, 5.74) is 4.13. The van der Waals surface area contributed by atoms with Crippen molar-refractivity contribution in [3.8, 4) is 0 Å². The molecule has 0 atom stereocenters. The fourth-order valence-corrected chi connectivity index (χ4v) is 2.01. The molecule has 1 aromatic carbocycles. The molecule has 0 fully saturated rings.